The lowest BCUT2D eigenvalue weighted by Crippen LogP contribution is -2.12. The van der Waals surface area contributed by atoms with Gasteiger partial charge in [0.05, 0.1) is 0 Å². The van der Waals surface area contributed by atoms with Crippen molar-refractivity contribution in [3.05, 3.63) is 41.0 Å². The summed E-state index contributed by atoms with van der Waals surface area (Å²) in [5, 5.41) is 3.31. The molecule has 1 nitrogen and oxygen atoms in total. The minimum absolute atomic E-state index is 1.05. The zero-order chi connectivity index (χ0) is 11.1. The lowest BCUT2D eigenvalue weighted by molar-refractivity contribution is 0.727. The van der Waals surface area contributed by atoms with Crippen LogP contribution in [-0.2, 0) is 0 Å². The van der Waals surface area contributed by atoms with E-state index in [-0.39, 0.29) is 0 Å². The molecule has 1 rings (SSSR count). The molecule has 0 aliphatic rings. The van der Waals surface area contributed by atoms with Crippen LogP contribution >= 0.6 is 0 Å². The molecule has 0 aliphatic carbocycles. The molecule has 15 heavy (non-hydrogen) atoms. The minimum atomic E-state index is 1.05. The van der Waals surface area contributed by atoms with Crippen LogP contribution in [0, 0.1) is 13.8 Å². The van der Waals surface area contributed by atoms with E-state index in [0.717, 1.165) is 19.5 Å². The van der Waals surface area contributed by atoms with E-state index in [4.69, 9.17) is 0 Å². The van der Waals surface area contributed by atoms with Gasteiger partial charge in [0.15, 0.2) is 0 Å². The lowest BCUT2D eigenvalue weighted by Gasteiger charge is -2.03. The first-order chi connectivity index (χ1) is 7.25. The van der Waals surface area contributed by atoms with Gasteiger partial charge in [0.1, 0.15) is 0 Å². The molecular weight excluding hydrogens is 182 g/mol. The summed E-state index contributed by atoms with van der Waals surface area (Å²) in [7, 11) is 0. The van der Waals surface area contributed by atoms with Gasteiger partial charge >= 0.3 is 0 Å². The molecule has 0 heterocycles. The fourth-order valence-corrected chi connectivity index (χ4v) is 1.53. The second kappa shape index (κ2) is 6.41. The fourth-order valence-electron chi connectivity index (χ4n) is 1.53. The largest absolute Gasteiger partial charge is 0.317 e. The maximum atomic E-state index is 3.31. The number of nitrogens with one attached hydrogen (secondary N) is 1. The molecule has 0 aliphatic heterocycles. The first kappa shape index (κ1) is 12.0. The van der Waals surface area contributed by atoms with Crippen molar-refractivity contribution in [2.24, 2.45) is 0 Å². The topological polar surface area (TPSA) is 12.0 Å². The Balaban J connectivity index is 2.53. The molecule has 0 bridgehead atoms. The van der Waals surface area contributed by atoms with Gasteiger partial charge in [0.25, 0.3) is 0 Å². The molecule has 0 radical (unpaired) electrons. The Morgan fingerprint density at radius 3 is 2.80 bits per heavy atom. The van der Waals surface area contributed by atoms with Crippen molar-refractivity contribution in [1.29, 1.82) is 0 Å². The van der Waals surface area contributed by atoms with Crippen LogP contribution in [0.1, 0.15) is 30.0 Å². The number of benzene rings is 1. The molecule has 0 amide bonds. The van der Waals surface area contributed by atoms with E-state index in [1.54, 1.807) is 0 Å². The fraction of sp³-hybridized carbons (Fsp3) is 0.429. The Morgan fingerprint density at radius 1 is 1.27 bits per heavy atom. The predicted molar refractivity (Wildman–Crippen MR) is 68.1 cm³/mol. The van der Waals surface area contributed by atoms with Gasteiger partial charge in [-0.2, -0.15) is 0 Å². The Bertz CT molecular complexity index is 326. The molecular formula is C14H21N. The molecule has 0 unspecified atom stereocenters. The Labute approximate surface area is 93.2 Å². The Kier molecular flexibility index (Phi) is 5.13. The second-order valence-electron chi connectivity index (χ2n) is 3.83. The first-order valence-electron chi connectivity index (χ1n) is 5.69. The third-order valence-corrected chi connectivity index (χ3v) is 2.68. The molecule has 0 aromatic heterocycles. The van der Waals surface area contributed by atoms with E-state index in [1.807, 2.05) is 0 Å². The van der Waals surface area contributed by atoms with Crippen molar-refractivity contribution >= 4 is 6.08 Å². The summed E-state index contributed by atoms with van der Waals surface area (Å²) in [6, 6.07) is 6.45. The molecule has 82 valence electrons. The van der Waals surface area contributed by atoms with Gasteiger partial charge in [-0.1, -0.05) is 37.3 Å². The third kappa shape index (κ3) is 3.88. The molecule has 0 saturated heterocycles. The summed E-state index contributed by atoms with van der Waals surface area (Å²) < 4.78 is 0. The summed E-state index contributed by atoms with van der Waals surface area (Å²) in [4.78, 5) is 0. The summed E-state index contributed by atoms with van der Waals surface area (Å²) >= 11 is 0. The van der Waals surface area contributed by atoms with E-state index >= 15 is 0 Å². The quantitative estimate of drug-likeness (QED) is 0.724. The second-order valence-corrected chi connectivity index (χ2v) is 3.83. The highest BCUT2D eigenvalue weighted by molar-refractivity contribution is 5.55. The van der Waals surface area contributed by atoms with Crippen LogP contribution in [0.25, 0.3) is 6.08 Å². The van der Waals surface area contributed by atoms with Crippen LogP contribution in [0.2, 0.25) is 0 Å². The van der Waals surface area contributed by atoms with Crippen molar-refractivity contribution in [3.63, 3.8) is 0 Å². The smallest absolute Gasteiger partial charge is 0.00143 e. The van der Waals surface area contributed by atoms with Crippen LogP contribution in [0.3, 0.4) is 0 Å². The molecule has 1 heteroatoms. The van der Waals surface area contributed by atoms with E-state index < -0.39 is 0 Å². The number of hydrogen-bond acceptors (Lipinski definition) is 1. The number of rotatable bonds is 5. The van der Waals surface area contributed by atoms with E-state index in [0.29, 0.717) is 0 Å². The van der Waals surface area contributed by atoms with E-state index in [2.05, 4.69) is 56.4 Å². The molecule has 1 aromatic rings. The molecule has 0 spiro atoms. The van der Waals surface area contributed by atoms with E-state index in [9.17, 15) is 0 Å². The predicted octanol–water partition coefficient (Wildman–Crippen LogP) is 3.32. The summed E-state index contributed by atoms with van der Waals surface area (Å²) in [5.74, 6) is 0. The van der Waals surface area contributed by atoms with E-state index in [1.165, 1.54) is 16.7 Å². The maximum absolute atomic E-state index is 3.31. The SMILES string of the molecule is CCNCCC=Cc1cccc(C)c1C. The van der Waals surface area contributed by atoms with Crippen LogP contribution < -0.4 is 5.32 Å². The zero-order valence-corrected chi connectivity index (χ0v) is 10.0. The number of aryl methyl sites for hydroxylation is 1. The highest BCUT2D eigenvalue weighted by atomic mass is 14.8. The lowest BCUT2D eigenvalue weighted by atomic mass is 10.0. The zero-order valence-electron chi connectivity index (χ0n) is 10.0. The van der Waals surface area contributed by atoms with Crippen LogP contribution in [0.5, 0.6) is 0 Å². The minimum Gasteiger partial charge on any atom is -0.317 e. The third-order valence-electron chi connectivity index (χ3n) is 2.68. The molecule has 0 fully saturated rings. The van der Waals surface area contributed by atoms with Gasteiger partial charge in [-0.05, 0) is 50.0 Å². The Hall–Kier alpha value is -1.08. The average Bonchev–Trinajstić information content (AvgIpc) is 2.24. The van der Waals surface area contributed by atoms with Crippen molar-refractivity contribution in [1.82, 2.24) is 5.32 Å². The molecule has 0 atom stereocenters. The average molecular weight is 203 g/mol. The van der Waals surface area contributed by atoms with Gasteiger partial charge in [0, 0.05) is 0 Å². The molecule has 0 saturated carbocycles. The van der Waals surface area contributed by atoms with Crippen molar-refractivity contribution in [2.45, 2.75) is 27.2 Å². The molecule has 1 aromatic carbocycles. The van der Waals surface area contributed by atoms with Crippen molar-refractivity contribution in [2.75, 3.05) is 13.1 Å². The van der Waals surface area contributed by atoms with Crippen LogP contribution in [0.4, 0.5) is 0 Å². The normalized spacial score (nSPS) is 11.1. The van der Waals surface area contributed by atoms with Gasteiger partial charge in [-0.3, -0.25) is 0 Å². The Morgan fingerprint density at radius 2 is 2.07 bits per heavy atom. The van der Waals surface area contributed by atoms with Gasteiger partial charge in [0.2, 0.25) is 0 Å². The molecule has 1 N–H and O–H groups in total. The van der Waals surface area contributed by atoms with Crippen LogP contribution in [-0.4, -0.2) is 13.1 Å². The van der Waals surface area contributed by atoms with Gasteiger partial charge < -0.3 is 5.32 Å². The van der Waals surface area contributed by atoms with Crippen LogP contribution in [0.15, 0.2) is 24.3 Å². The highest BCUT2D eigenvalue weighted by Crippen LogP contribution is 2.14. The van der Waals surface area contributed by atoms with Crippen molar-refractivity contribution in [3.8, 4) is 0 Å². The first-order valence-corrected chi connectivity index (χ1v) is 5.69. The summed E-state index contributed by atoms with van der Waals surface area (Å²) in [5.41, 5.74) is 4.09. The van der Waals surface area contributed by atoms with Gasteiger partial charge in [-0.15, -0.1) is 0 Å². The highest BCUT2D eigenvalue weighted by Gasteiger charge is 1.95. The summed E-state index contributed by atoms with van der Waals surface area (Å²) in [6.07, 6.45) is 5.56. The summed E-state index contributed by atoms with van der Waals surface area (Å²) in [6.45, 7) is 8.59. The standard InChI is InChI=1S/C14H21N/c1-4-15-11-6-5-9-14-10-7-8-12(2)13(14)3/h5,7-10,15H,4,6,11H2,1-3H3. The monoisotopic (exact) mass is 203 g/mol. The van der Waals surface area contributed by atoms with Gasteiger partial charge in [-0.25, -0.2) is 0 Å². The maximum Gasteiger partial charge on any atom is -0.00143 e. The van der Waals surface area contributed by atoms with Crippen molar-refractivity contribution < 1.29 is 0 Å². The number of hydrogen-bond donors (Lipinski definition) is 1.